The molecule has 1 aromatic carbocycles. The van der Waals surface area contributed by atoms with Gasteiger partial charge >= 0.3 is 6.43 Å². The van der Waals surface area contributed by atoms with E-state index in [1.165, 1.54) is 6.20 Å². The predicted molar refractivity (Wildman–Crippen MR) is 97.3 cm³/mol. The van der Waals surface area contributed by atoms with Crippen LogP contribution in [0.1, 0.15) is 46.3 Å². The molecule has 0 aliphatic heterocycles. The molecular formula is C19H19F2N5O3. The molecule has 0 bridgehead atoms. The van der Waals surface area contributed by atoms with Gasteiger partial charge in [0.25, 0.3) is 11.8 Å². The summed E-state index contributed by atoms with van der Waals surface area (Å²) >= 11 is 0. The molecule has 8 nitrogen and oxygen atoms in total. The van der Waals surface area contributed by atoms with E-state index in [2.05, 4.69) is 25.1 Å². The predicted octanol–water partition coefficient (Wildman–Crippen LogP) is 2.93. The summed E-state index contributed by atoms with van der Waals surface area (Å²) in [6.07, 6.45) is 1.91. The SMILES string of the molecule is COCCn1cc(C(=O)NC2CCc3cc(-c4noc(C(F)F)n4)ccc32)cn1. The van der Waals surface area contributed by atoms with Crippen LogP contribution in [0.2, 0.25) is 0 Å². The molecule has 0 saturated heterocycles. The van der Waals surface area contributed by atoms with Crippen molar-refractivity contribution >= 4 is 5.91 Å². The molecule has 4 rings (SSSR count). The number of amides is 1. The summed E-state index contributed by atoms with van der Waals surface area (Å²) in [5, 5.41) is 10.8. The van der Waals surface area contributed by atoms with Gasteiger partial charge in [-0.3, -0.25) is 9.48 Å². The Morgan fingerprint density at radius 1 is 1.45 bits per heavy atom. The van der Waals surface area contributed by atoms with Crippen molar-refractivity contribution in [3.63, 3.8) is 0 Å². The maximum Gasteiger partial charge on any atom is 0.315 e. The molecule has 3 aromatic rings. The van der Waals surface area contributed by atoms with Crippen molar-refractivity contribution in [3.8, 4) is 11.4 Å². The first-order valence-electron chi connectivity index (χ1n) is 9.12. The summed E-state index contributed by atoms with van der Waals surface area (Å²) in [5.41, 5.74) is 3.10. The molecule has 1 unspecified atom stereocenters. The molecule has 29 heavy (non-hydrogen) atoms. The molecule has 0 radical (unpaired) electrons. The Hall–Kier alpha value is -3.14. The lowest BCUT2D eigenvalue weighted by molar-refractivity contribution is 0.0936. The second-order valence-corrected chi connectivity index (χ2v) is 6.72. The van der Waals surface area contributed by atoms with Crippen molar-refractivity contribution < 1.29 is 22.8 Å². The van der Waals surface area contributed by atoms with E-state index < -0.39 is 12.3 Å². The quantitative estimate of drug-likeness (QED) is 0.652. The van der Waals surface area contributed by atoms with Crippen molar-refractivity contribution in [2.75, 3.05) is 13.7 Å². The highest BCUT2D eigenvalue weighted by Crippen LogP contribution is 2.34. The van der Waals surface area contributed by atoms with Crippen LogP contribution in [0, 0.1) is 0 Å². The Morgan fingerprint density at radius 3 is 3.07 bits per heavy atom. The monoisotopic (exact) mass is 403 g/mol. The fraction of sp³-hybridized carbons (Fsp3) is 0.368. The van der Waals surface area contributed by atoms with Crippen LogP contribution < -0.4 is 5.32 Å². The van der Waals surface area contributed by atoms with E-state index >= 15 is 0 Å². The smallest absolute Gasteiger partial charge is 0.315 e. The molecule has 1 atom stereocenters. The van der Waals surface area contributed by atoms with Gasteiger partial charge in [0.1, 0.15) is 0 Å². The third-order valence-electron chi connectivity index (χ3n) is 4.83. The minimum Gasteiger partial charge on any atom is -0.383 e. The van der Waals surface area contributed by atoms with E-state index in [1.54, 1.807) is 24.1 Å². The highest BCUT2D eigenvalue weighted by Gasteiger charge is 2.26. The molecule has 152 valence electrons. The van der Waals surface area contributed by atoms with Gasteiger partial charge in [0.05, 0.1) is 31.0 Å². The number of halogens is 2. The molecule has 10 heteroatoms. The highest BCUT2D eigenvalue weighted by molar-refractivity contribution is 5.94. The van der Waals surface area contributed by atoms with Gasteiger partial charge < -0.3 is 14.6 Å². The minimum atomic E-state index is -2.80. The van der Waals surface area contributed by atoms with Gasteiger partial charge in [-0.25, -0.2) is 0 Å². The van der Waals surface area contributed by atoms with Gasteiger partial charge in [0.15, 0.2) is 0 Å². The second-order valence-electron chi connectivity index (χ2n) is 6.72. The molecular weight excluding hydrogens is 384 g/mol. The van der Waals surface area contributed by atoms with E-state index in [0.29, 0.717) is 24.3 Å². The van der Waals surface area contributed by atoms with Crippen LogP contribution in [0.5, 0.6) is 0 Å². The number of ether oxygens (including phenoxy) is 1. The van der Waals surface area contributed by atoms with Crippen LogP contribution in [0.3, 0.4) is 0 Å². The fourth-order valence-electron chi connectivity index (χ4n) is 3.38. The number of carbonyl (C=O) groups is 1. The van der Waals surface area contributed by atoms with E-state index in [1.807, 2.05) is 12.1 Å². The van der Waals surface area contributed by atoms with Crippen LogP contribution >= 0.6 is 0 Å². The normalized spacial score (nSPS) is 15.7. The highest BCUT2D eigenvalue weighted by atomic mass is 19.3. The van der Waals surface area contributed by atoms with Gasteiger partial charge in [-0.1, -0.05) is 17.3 Å². The van der Waals surface area contributed by atoms with Crippen LogP contribution in [0.4, 0.5) is 8.78 Å². The van der Waals surface area contributed by atoms with Crippen molar-refractivity contribution in [3.05, 3.63) is 53.2 Å². The topological polar surface area (TPSA) is 95.1 Å². The van der Waals surface area contributed by atoms with Crippen molar-refractivity contribution in [2.24, 2.45) is 0 Å². The molecule has 1 amide bonds. The van der Waals surface area contributed by atoms with E-state index in [0.717, 1.165) is 24.0 Å². The Bertz CT molecular complexity index is 1020. The number of fused-ring (bicyclic) bond motifs is 1. The average molecular weight is 403 g/mol. The number of nitrogens with one attached hydrogen (secondary N) is 1. The van der Waals surface area contributed by atoms with Gasteiger partial charge in [-0.15, -0.1) is 0 Å². The summed E-state index contributed by atoms with van der Waals surface area (Å²) in [7, 11) is 1.61. The zero-order valence-corrected chi connectivity index (χ0v) is 15.6. The number of nitrogens with zero attached hydrogens (tertiary/aromatic N) is 4. The van der Waals surface area contributed by atoms with Gasteiger partial charge in [0.2, 0.25) is 5.82 Å². The van der Waals surface area contributed by atoms with Crippen LogP contribution in [0.25, 0.3) is 11.4 Å². The molecule has 1 aliphatic carbocycles. The fourth-order valence-corrected chi connectivity index (χ4v) is 3.38. The van der Waals surface area contributed by atoms with Crippen LogP contribution in [0.15, 0.2) is 35.1 Å². The van der Waals surface area contributed by atoms with Gasteiger partial charge in [0, 0.05) is 18.9 Å². The van der Waals surface area contributed by atoms with Gasteiger partial charge in [-0.05, 0) is 30.0 Å². The number of carbonyl (C=O) groups excluding carboxylic acids is 1. The standard InChI is InChI=1S/C19H19F2N5O3/c1-28-7-6-26-10-13(9-22-26)18(27)23-15-5-3-11-8-12(2-4-14(11)15)17-24-19(16(20)21)29-25-17/h2,4,8-10,15-16H,3,5-7H2,1H3,(H,23,27). The summed E-state index contributed by atoms with van der Waals surface area (Å²) < 4.78 is 36.5. The second kappa shape index (κ2) is 8.08. The first-order valence-corrected chi connectivity index (χ1v) is 9.12. The lowest BCUT2D eigenvalue weighted by Gasteiger charge is -2.13. The van der Waals surface area contributed by atoms with E-state index in [9.17, 15) is 13.6 Å². The number of hydrogen-bond acceptors (Lipinski definition) is 6. The Kier molecular flexibility index (Phi) is 5.34. The van der Waals surface area contributed by atoms with E-state index in [4.69, 9.17) is 4.74 Å². The summed E-state index contributed by atoms with van der Waals surface area (Å²) in [4.78, 5) is 16.3. The first-order chi connectivity index (χ1) is 14.0. The number of aromatic nitrogens is 4. The number of hydrogen-bond donors (Lipinski definition) is 1. The largest absolute Gasteiger partial charge is 0.383 e. The number of rotatable bonds is 7. The van der Waals surface area contributed by atoms with Gasteiger partial charge in [-0.2, -0.15) is 18.9 Å². The van der Waals surface area contributed by atoms with Crippen molar-refractivity contribution in [1.29, 1.82) is 0 Å². The molecule has 0 saturated carbocycles. The molecule has 1 N–H and O–H groups in total. The zero-order chi connectivity index (χ0) is 20.4. The average Bonchev–Trinajstić information content (AvgIpc) is 3.45. The van der Waals surface area contributed by atoms with Crippen molar-refractivity contribution in [1.82, 2.24) is 25.2 Å². The summed E-state index contributed by atoms with van der Waals surface area (Å²) in [6.45, 7) is 1.09. The van der Waals surface area contributed by atoms with Crippen LogP contribution in [-0.2, 0) is 17.7 Å². The number of benzene rings is 1. The maximum atomic E-state index is 12.6. The number of aryl methyl sites for hydroxylation is 1. The Morgan fingerprint density at radius 2 is 2.31 bits per heavy atom. The molecule has 2 aromatic heterocycles. The summed E-state index contributed by atoms with van der Waals surface area (Å²) in [5.74, 6) is -0.772. The first kappa shape index (κ1) is 19.2. The number of methoxy groups -OCH3 is 1. The molecule has 1 aliphatic rings. The number of alkyl halides is 2. The lowest BCUT2D eigenvalue weighted by Crippen LogP contribution is -2.26. The third kappa shape index (κ3) is 4.02. The molecule has 2 heterocycles. The summed E-state index contributed by atoms with van der Waals surface area (Å²) in [6, 6.07) is 5.33. The molecule has 0 fully saturated rings. The maximum absolute atomic E-state index is 12.6. The lowest BCUT2D eigenvalue weighted by atomic mass is 10.0. The van der Waals surface area contributed by atoms with Crippen molar-refractivity contribution in [2.45, 2.75) is 31.9 Å². The van der Waals surface area contributed by atoms with Crippen LogP contribution in [-0.4, -0.2) is 39.5 Å². The Balaban J connectivity index is 1.46. The minimum absolute atomic E-state index is 0.124. The zero-order valence-electron chi connectivity index (χ0n) is 15.6. The molecule has 0 spiro atoms. The third-order valence-corrected chi connectivity index (χ3v) is 4.83. The Labute approximate surface area is 164 Å². The van der Waals surface area contributed by atoms with E-state index in [-0.39, 0.29) is 17.8 Å².